The van der Waals surface area contributed by atoms with Crippen LogP contribution in [0.4, 0.5) is 4.79 Å². The van der Waals surface area contributed by atoms with Crippen LogP contribution in [0, 0.1) is 0 Å². The highest BCUT2D eigenvalue weighted by Gasteiger charge is 2.32. The Balaban J connectivity index is 1.85. The van der Waals surface area contributed by atoms with Gasteiger partial charge >= 0.3 is 6.09 Å². The molecule has 112 valence electrons. The van der Waals surface area contributed by atoms with Crippen molar-refractivity contribution in [3.63, 3.8) is 0 Å². The molecule has 2 heterocycles. The second-order valence-electron chi connectivity index (χ2n) is 5.83. The Kier molecular flexibility index (Phi) is 4.80. The number of hydrogen-bond donors (Lipinski definition) is 0. The van der Waals surface area contributed by atoms with Gasteiger partial charge in [0.15, 0.2) is 0 Å². The SMILES string of the molecule is CC(C)(C)OC(=O)N1CC[C@H]([S@](=O)Cc2cncs2)C1. The van der Waals surface area contributed by atoms with Crippen molar-refractivity contribution in [2.75, 3.05) is 13.1 Å². The third-order valence-electron chi connectivity index (χ3n) is 2.94. The number of nitrogens with zero attached hydrogens (tertiary/aromatic N) is 2. The fourth-order valence-electron chi connectivity index (χ4n) is 2.01. The standard InChI is InChI=1S/C13H20N2O3S2/c1-13(2,3)18-12(16)15-5-4-11(7-15)20(17)8-10-6-14-9-19-10/h6,9,11H,4-5,7-8H2,1-3H3/t11-,20+/m0/s1. The molecule has 0 aromatic carbocycles. The minimum Gasteiger partial charge on any atom is -0.444 e. The van der Waals surface area contributed by atoms with E-state index in [1.165, 1.54) is 11.3 Å². The van der Waals surface area contributed by atoms with Gasteiger partial charge in [-0.25, -0.2) is 4.79 Å². The summed E-state index contributed by atoms with van der Waals surface area (Å²) >= 11 is 1.52. The molecule has 0 N–H and O–H groups in total. The van der Waals surface area contributed by atoms with Crippen molar-refractivity contribution >= 4 is 28.2 Å². The summed E-state index contributed by atoms with van der Waals surface area (Å²) in [5.41, 5.74) is 1.26. The van der Waals surface area contributed by atoms with Gasteiger partial charge in [0.25, 0.3) is 0 Å². The lowest BCUT2D eigenvalue weighted by Gasteiger charge is -2.24. The van der Waals surface area contributed by atoms with Gasteiger partial charge in [0.1, 0.15) is 5.60 Å². The smallest absolute Gasteiger partial charge is 0.410 e. The summed E-state index contributed by atoms with van der Waals surface area (Å²) in [7, 11) is -0.964. The maximum atomic E-state index is 12.3. The van der Waals surface area contributed by atoms with Gasteiger partial charge in [0.05, 0.1) is 16.5 Å². The molecule has 0 spiro atoms. The molecule has 5 nitrogen and oxygen atoms in total. The highest BCUT2D eigenvalue weighted by molar-refractivity contribution is 7.85. The Morgan fingerprint density at radius 2 is 2.35 bits per heavy atom. The highest BCUT2D eigenvalue weighted by atomic mass is 32.2. The molecule has 0 aliphatic carbocycles. The zero-order chi connectivity index (χ0) is 14.8. The number of aromatic nitrogens is 1. The van der Waals surface area contributed by atoms with Crippen LogP contribution in [0.3, 0.4) is 0 Å². The molecule has 0 radical (unpaired) electrons. The number of rotatable bonds is 3. The van der Waals surface area contributed by atoms with Crippen molar-refractivity contribution in [1.82, 2.24) is 9.88 Å². The topological polar surface area (TPSA) is 59.5 Å². The molecule has 0 unspecified atom stereocenters. The molecule has 1 amide bonds. The maximum absolute atomic E-state index is 12.3. The summed E-state index contributed by atoms with van der Waals surface area (Å²) in [6, 6.07) is 0. The normalized spacial score (nSPS) is 20.9. The lowest BCUT2D eigenvalue weighted by Crippen LogP contribution is -2.36. The van der Waals surface area contributed by atoms with Crippen molar-refractivity contribution < 1.29 is 13.7 Å². The summed E-state index contributed by atoms with van der Waals surface area (Å²) < 4.78 is 17.6. The Morgan fingerprint density at radius 3 is 2.95 bits per heavy atom. The van der Waals surface area contributed by atoms with E-state index in [1.807, 2.05) is 20.8 Å². The van der Waals surface area contributed by atoms with Crippen molar-refractivity contribution in [2.45, 2.75) is 43.8 Å². The lowest BCUT2D eigenvalue weighted by atomic mass is 10.2. The van der Waals surface area contributed by atoms with E-state index in [0.717, 1.165) is 11.3 Å². The Labute approximate surface area is 125 Å². The molecule has 1 fully saturated rings. The van der Waals surface area contributed by atoms with Gasteiger partial charge in [0, 0.05) is 35.0 Å². The average Bonchev–Trinajstić information content (AvgIpc) is 2.96. The fourth-order valence-corrected chi connectivity index (χ4v) is 4.31. The number of amides is 1. The second-order valence-corrected chi connectivity index (χ2v) is 8.52. The van der Waals surface area contributed by atoms with Crippen LogP contribution in [-0.4, -0.2) is 44.1 Å². The van der Waals surface area contributed by atoms with E-state index >= 15 is 0 Å². The molecule has 1 saturated heterocycles. The zero-order valence-corrected chi connectivity index (χ0v) is 13.6. The van der Waals surface area contributed by atoms with Crippen LogP contribution in [0.15, 0.2) is 11.7 Å². The van der Waals surface area contributed by atoms with E-state index in [1.54, 1.807) is 16.6 Å². The lowest BCUT2D eigenvalue weighted by molar-refractivity contribution is 0.0295. The van der Waals surface area contributed by atoms with E-state index in [9.17, 15) is 9.00 Å². The molecular formula is C13H20N2O3S2. The first-order valence-corrected chi connectivity index (χ1v) is 8.84. The third kappa shape index (κ3) is 4.28. The zero-order valence-electron chi connectivity index (χ0n) is 12.0. The van der Waals surface area contributed by atoms with Crippen LogP contribution in [0.25, 0.3) is 0 Å². The van der Waals surface area contributed by atoms with E-state index in [0.29, 0.717) is 18.8 Å². The number of thiazole rings is 1. The fraction of sp³-hybridized carbons (Fsp3) is 0.692. The molecule has 1 aliphatic heterocycles. The van der Waals surface area contributed by atoms with E-state index < -0.39 is 16.4 Å². The summed E-state index contributed by atoms with van der Waals surface area (Å²) in [5.74, 6) is 0.525. The van der Waals surface area contributed by atoms with Gasteiger partial charge in [0.2, 0.25) is 0 Å². The van der Waals surface area contributed by atoms with Gasteiger partial charge in [-0.15, -0.1) is 11.3 Å². The van der Waals surface area contributed by atoms with Gasteiger partial charge in [-0.1, -0.05) is 0 Å². The molecular weight excluding hydrogens is 296 g/mol. The Bertz CT molecular complexity index is 482. The summed E-state index contributed by atoms with van der Waals surface area (Å²) in [4.78, 5) is 18.6. The van der Waals surface area contributed by atoms with Crippen molar-refractivity contribution in [3.05, 3.63) is 16.6 Å². The minimum absolute atomic E-state index is 0.0321. The average molecular weight is 316 g/mol. The van der Waals surface area contributed by atoms with E-state index in [2.05, 4.69) is 4.98 Å². The van der Waals surface area contributed by atoms with Crippen LogP contribution >= 0.6 is 11.3 Å². The molecule has 20 heavy (non-hydrogen) atoms. The monoisotopic (exact) mass is 316 g/mol. The molecule has 7 heteroatoms. The molecule has 1 aromatic heterocycles. The summed E-state index contributed by atoms with van der Waals surface area (Å²) in [6.45, 7) is 6.68. The third-order valence-corrected chi connectivity index (χ3v) is 5.62. The number of hydrogen-bond acceptors (Lipinski definition) is 5. The predicted octanol–water partition coefficient (Wildman–Crippen LogP) is 2.40. The minimum atomic E-state index is -0.964. The van der Waals surface area contributed by atoms with E-state index in [4.69, 9.17) is 4.74 Å². The number of carbonyl (C=O) groups excluding carboxylic acids is 1. The first-order chi connectivity index (χ1) is 9.35. The number of likely N-dealkylation sites (tertiary alicyclic amines) is 1. The number of carbonyl (C=O) groups is 1. The predicted molar refractivity (Wildman–Crippen MR) is 80.2 cm³/mol. The van der Waals surface area contributed by atoms with Gasteiger partial charge in [-0.3, -0.25) is 9.19 Å². The highest BCUT2D eigenvalue weighted by Crippen LogP contribution is 2.21. The molecule has 2 rings (SSSR count). The number of ether oxygens (including phenoxy) is 1. The Hall–Kier alpha value is -0.950. The van der Waals surface area contributed by atoms with Crippen LogP contribution in [-0.2, 0) is 21.3 Å². The molecule has 2 atom stereocenters. The largest absolute Gasteiger partial charge is 0.444 e. The van der Waals surface area contributed by atoms with Gasteiger partial charge in [-0.05, 0) is 27.2 Å². The van der Waals surface area contributed by atoms with Gasteiger partial charge in [-0.2, -0.15) is 0 Å². The summed E-state index contributed by atoms with van der Waals surface area (Å²) in [6.07, 6.45) is 2.21. The van der Waals surface area contributed by atoms with Crippen LogP contribution < -0.4 is 0 Å². The molecule has 1 aromatic rings. The van der Waals surface area contributed by atoms with Crippen molar-refractivity contribution in [2.24, 2.45) is 0 Å². The summed E-state index contributed by atoms with van der Waals surface area (Å²) in [5, 5.41) is 0.0321. The first-order valence-electron chi connectivity index (χ1n) is 6.57. The van der Waals surface area contributed by atoms with Crippen LogP contribution in [0.1, 0.15) is 32.1 Å². The van der Waals surface area contributed by atoms with Crippen molar-refractivity contribution in [3.8, 4) is 0 Å². The molecule has 0 saturated carbocycles. The molecule has 1 aliphatic rings. The van der Waals surface area contributed by atoms with Crippen molar-refractivity contribution in [1.29, 1.82) is 0 Å². The quantitative estimate of drug-likeness (QED) is 0.859. The Morgan fingerprint density at radius 1 is 1.60 bits per heavy atom. The van der Waals surface area contributed by atoms with Crippen LogP contribution in [0.5, 0.6) is 0 Å². The van der Waals surface area contributed by atoms with E-state index in [-0.39, 0.29) is 11.3 Å². The van der Waals surface area contributed by atoms with Crippen LogP contribution in [0.2, 0.25) is 0 Å². The van der Waals surface area contributed by atoms with Gasteiger partial charge < -0.3 is 9.64 Å². The second kappa shape index (κ2) is 6.22. The first kappa shape index (κ1) is 15.4. The molecule has 0 bridgehead atoms. The maximum Gasteiger partial charge on any atom is 0.410 e.